The van der Waals surface area contributed by atoms with Gasteiger partial charge in [-0.1, -0.05) is 6.92 Å². The fourth-order valence-electron chi connectivity index (χ4n) is 2.22. The summed E-state index contributed by atoms with van der Waals surface area (Å²) < 4.78 is 6.88. The molecular weight excluding hydrogens is 286 g/mol. The molecule has 0 aliphatic carbocycles. The Morgan fingerprint density at radius 1 is 1.62 bits per heavy atom. The lowest BCUT2D eigenvalue weighted by molar-refractivity contribution is 0.0872. The van der Waals surface area contributed by atoms with Gasteiger partial charge in [-0.25, -0.2) is 0 Å². The highest BCUT2D eigenvalue weighted by Crippen LogP contribution is 2.23. The van der Waals surface area contributed by atoms with E-state index in [1.165, 1.54) is 15.8 Å². The van der Waals surface area contributed by atoms with Crippen LogP contribution in [-0.2, 0) is 11.3 Å². The van der Waals surface area contributed by atoms with Crippen LogP contribution < -0.4 is 5.32 Å². The second kappa shape index (κ2) is 6.15. The van der Waals surface area contributed by atoms with Gasteiger partial charge in [-0.2, -0.15) is 0 Å². The summed E-state index contributed by atoms with van der Waals surface area (Å²) in [6.45, 7) is 5.19. The second-order valence-corrected chi connectivity index (χ2v) is 6.55. The van der Waals surface area contributed by atoms with E-state index in [1.807, 2.05) is 0 Å². The molecule has 0 bridgehead atoms. The van der Waals surface area contributed by atoms with Gasteiger partial charge in [-0.3, -0.25) is 0 Å². The molecule has 1 N–H and O–H groups in total. The third kappa shape index (κ3) is 3.29. The van der Waals surface area contributed by atoms with Crippen molar-refractivity contribution in [3.05, 3.63) is 20.8 Å². The van der Waals surface area contributed by atoms with Crippen LogP contribution in [0.25, 0.3) is 0 Å². The van der Waals surface area contributed by atoms with Crippen LogP contribution in [0.3, 0.4) is 0 Å². The monoisotopic (exact) mass is 303 g/mol. The van der Waals surface area contributed by atoms with Crippen molar-refractivity contribution < 1.29 is 4.74 Å². The van der Waals surface area contributed by atoms with Crippen molar-refractivity contribution in [1.82, 2.24) is 5.32 Å². The molecule has 2 rings (SSSR count). The molecule has 0 radical (unpaired) electrons. The number of halogens is 1. The molecule has 2 heterocycles. The SMILES string of the molecule is CCC1OCCC1CNCc1csc(Br)c1. The van der Waals surface area contributed by atoms with Crippen molar-refractivity contribution >= 4 is 27.3 Å². The topological polar surface area (TPSA) is 21.3 Å². The van der Waals surface area contributed by atoms with Gasteiger partial charge in [0, 0.05) is 19.7 Å². The second-order valence-electron chi connectivity index (χ2n) is 4.26. The molecule has 1 aliphatic heterocycles. The van der Waals surface area contributed by atoms with E-state index in [0.29, 0.717) is 12.0 Å². The van der Waals surface area contributed by atoms with E-state index in [-0.39, 0.29) is 0 Å². The van der Waals surface area contributed by atoms with Crippen molar-refractivity contribution in [2.75, 3.05) is 13.2 Å². The summed E-state index contributed by atoms with van der Waals surface area (Å²) in [5, 5.41) is 5.72. The number of nitrogens with one attached hydrogen (secondary N) is 1. The minimum absolute atomic E-state index is 0.474. The van der Waals surface area contributed by atoms with Crippen LogP contribution in [0.1, 0.15) is 25.3 Å². The molecule has 1 aromatic heterocycles. The van der Waals surface area contributed by atoms with Gasteiger partial charge in [0.2, 0.25) is 0 Å². The third-order valence-electron chi connectivity index (χ3n) is 3.11. The smallest absolute Gasteiger partial charge is 0.0701 e. The Balaban J connectivity index is 1.71. The first-order chi connectivity index (χ1) is 7.79. The molecule has 2 unspecified atom stereocenters. The maximum absolute atomic E-state index is 5.68. The maximum atomic E-state index is 5.68. The summed E-state index contributed by atoms with van der Waals surface area (Å²) in [6, 6.07) is 2.18. The van der Waals surface area contributed by atoms with E-state index in [1.54, 1.807) is 11.3 Å². The summed E-state index contributed by atoms with van der Waals surface area (Å²) in [6.07, 6.45) is 2.82. The predicted molar refractivity (Wildman–Crippen MR) is 71.9 cm³/mol. The van der Waals surface area contributed by atoms with E-state index in [0.717, 1.165) is 26.1 Å². The fraction of sp³-hybridized carbons (Fsp3) is 0.667. The maximum Gasteiger partial charge on any atom is 0.0701 e. The summed E-state index contributed by atoms with van der Waals surface area (Å²) in [4.78, 5) is 0. The van der Waals surface area contributed by atoms with Gasteiger partial charge >= 0.3 is 0 Å². The Kier molecular flexibility index (Phi) is 4.82. The molecule has 1 aromatic rings. The number of hydrogen-bond donors (Lipinski definition) is 1. The zero-order chi connectivity index (χ0) is 11.4. The highest BCUT2D eigenvalue weighted by Gasteiger charge is 2.25. The highest BCUT2D eigenvalue weighted by atomic mass is 79.9. The van der Waals surface area contributed by atoms with E-state index >= 15 is 0 Å². The number of ether oxygens (including phenoxy) is 1. The van der Waals surface area contributed by atoms with Gasteiger partial charge < -0.3 is 10.1 Å². The van der Waals surface area contributed by atoms with Crippen LogP contribution in [0.5, 0.6) is 0 Å². The Bertz CT molecular complexity index is 329. The van der Waals surface area contributed by atoms with Gasteiger partial charge in [-0.05, 0) is 51.7 Å². The molecule has 2 atom stereocenters. The van der Waals surface area contributed by atoms with Crippen molar-refractivity contribution in [3.8, 4) is 0 Å². The minimum atomic E-state index is 0.474. The molecule has 1 saturated heterocycles. The van der Waals surface area contributed by atoms with Crippen molar-refractivity contribution in [1.29, 1.82) is 0 Å². The van der Waals surface area contributed by atoms with Crippen LogP contribution in [0.2, 0.25) is 0 Å². The average molecular weight is 304 g/mol. The van der Waals surface area contributed by atoms with E-state index in [4.69, 9.17) is 4.74 Å². The van der Waals surface area contributed by atoms with Gasteiger partial charge in [0.1, 0.15) is 0 Å². The largest absolute Gasteiger partial charge is 0.378 e. The van der Waals surface area contributed by atoms with E-state index < -0.39 is 0 Å². The quantitative estimate of drug-likeness (QED) is 0.900. The average Bonchev–Trinajstić information content (AvgIpc) is 2.87. The zero-order valence-corrected chi connectivity index (χ0v) is 11.9. The summed E-state index contributed by atoms with van der Waals surface area (Å²) in [7, 11) is 0. The summed E-state index contributed by atoms with van der Waals surface area (Å²) in [5.41, 5.74) is 1.36. The Morgan fingerprint density at radius 2 is 2.50 bits per heavy atom. The summed E-state index contributed by atoms with van der Waals surface area (Å²) in [5.74, 6) is 0.701. The first kappa shape index (κ1) is 12.6. The lowest BCUT2D eigenvalue weighted by atomic mass is 10.00. The molecule has 0 aromatic carbocycles. The van der Waals surface area contributed by atoms with Crippen LogP contribution in [-0.4, -0.2) is 19.3 Å². The molecule has 2 nitrogen and oxygen atoms in total. The van der Waals surface area contributed by atoms with Gasteiger partial charge in [0.05, 0.1) is 9.89 Å². The van der Waals surface area contributed by atoms with Crippen molar-refractivity contribution in [2.45, 2.75) is 32.4 Å². The molecule has 0 spiro atoms. The normalized spacial score (nSPS) is 25.1. The lowest BCUT2D eigenvalue weighted by Gasteiger charge is -2.16. The molecule has 90 valence electrons. The van der Waals surface area contributed by atoms with Crippen LogP contribution in [0.15, 0.2) is 15.2 Å². The number of thiophene rings is 1. The molecule has 0 saturated carbocycles. The number of rotatable bonds is 5. The molecule has 1 fully saturated rings. The molecule has 0 amide bonds. The first-order valence-corrected chi connectivity index (χ1v) is 7.52. The van der Waals surface area contributed by atoms with E-state index in [9.17, 15) is 0 Å². The van der Waals surface area contributed by atoms with Crippen molar-refractivity contribution in [3.63, 3.8) is 0 Å². The Hall–Kier alpha value is 0.100. The zero-order valence-electron chi connectivity index (χ0n) is 9.54. The van der Waals surface area contributed by atoms with Gasteiger partial charge in [0.25, 0.3) is 0 Å². The minimum Gasteiger partial charge on any atom is -0.378 e. The van der Waals surface area contributed by atoms with E-state index in [2.05, 4.69) is 39.6 Å². The van der Waals surface area contributed by atoms with Gasteiger partial charge in [-0.15, -0.1) is 11.3 Å². The molecular formula is C12H18BrNOS. The number of hydrogen-bond acceptors (Lipinski definition) is 3. The molecule has 4 heteroatoms. The fourth-order valence-corrected chi connectivity index (χ4v) is 3.43. The summed E-state index contributed by atoms with van der Waals surface area (Å²) >= 11 is 5.23. The Morgan fingerprint density at radius 3 is 3.19 bits per heavy atom. The lowest BCUT2D eigenvalue weighted by Crippen LogP contribution is -2.27. The molecule has 16 heavy (non-hydrogen) atoms. The van der Waals surface area contributed by atoms with Gasteiger partial charge in [0.15, 0.2) is 0 Å². The highest BCUT2D eigenvalue weighted by molar-refractivity contribution is 9.11. The van der Waals surface area contributed by atoms with Crippen LogP contribution in [0, 0.1) is 5.92 Å². The Labute approximate surface area is 110 Å². The van der Waals surface area contributed by atoms with Crippen LogP contribution in [0.4, 0.5) is 0 Å². The van der Waals surface area contributed by atoms with Crippen LogP contribution >= 0.6 is 27.3 Å². The first-order valence-electron chi connectivity index (χ1n) is 5.85. The third-order valence-corrected chi connectivity index (χ3v) is 4.66. The standard InChI is InChI=1S/C12H18BrNOS/c1-2-11-10(3-4-15-11)7-14-6-9-5-12(13)16-8-9/h5,8,10-11,14H,2-4,6-7H2,1H3. The predicted octanol–water partition coefficient (Wildman–Crippen LogP) is 3.42. The molecule has 1 aliphatic rings. The van der Waals surface area contributed by atoms with Crippen molar-refractivity contribution in [2.24, 2.45) is 5.92 Å².